The van der Waals surface area contributed by atoms with Gasteiger partial charge in [-0.2, -0.15) is 9.44 Å². The number of halogens is 1. The lowest BCUT2D eigenvalue weighted by Gasteiger charge is -2.22. The zero-order chi connectivity index (χ0) is 50.0. The quantitative estimate of drug-likeness (QED) is 0.0102. The number of rotatable bonds is 27. The number of anilines is 2. The molecule has 4 aromatic carbocycles. The second kappa shape index (κ2) is 26.5. The number of sulfonamides is 2. The summed E-state index contributed by atoms with van der Waals surface area (Å²) in [7, 11) is -9.48. The molecule has 0 aliphatic heterocycles. The van der Waals surface area contributed by atoms with E-state index >= 15 is 0 Å². The standard InChI is InChI=1S/C42H46N6O18S2.ClH/c43-29-9-1-27(2-10-29)41(57)65-31-13-5-25(6-14-31)37(67(59,60)47-33(39(53)54)23-35(49)50)45-17-19-63-21-22-64-20-18-46-38(68(61,62)48-34(40(55)56)24-36(51)52)26-7-15-32(16-8-26)66-42(58)28-3-11-30(44)12-4-28;/h1-16,33-34,37,45,47-48H,17-24,43-44H2,(H,49,50)(H,51,52)(H,53,54)(H,55,56);1H/t33-,34-,37?;/m0./s1. The van der Waals surface area contributed by atoms with Crippen molar-refractivity contribution in [1.82, 2.24) is 14.8 Å². The molecule has 11 N–H and O–H groups in total. The Morgan fingerprint density at radius 3 is 1.43 bits per heavy atom. The van der Waals surface area contributed by atoms with E-state index in [2.05, 4.69) is 10.3 Å². The van der Waals surface area contributed by atoms with Crippen molar-refractivity contribution in [2.75, 3.05) is 51.0 Å². The third-order valence-corrected chi connectivity index (χ3v) is 12.1. The summed E-state index contributed by atoms with van der Waals surface area (Å²) in [6.07, 6.45) is -2.16. The number of carboxylic acid groups (broad SMARTS) is 4. The van der Waals surface area contributed by atoms with Crippen LogP contribution in [-0.4, -0.2) is 130 Å². The van der Waals surface area contributed by atoms with E-state index in [1.54, 1.807) is 0 Å². The van der Waals surface area contributed by atoms with Crippen molar-refractivity contribution in [3.05, 3.63) is 119 Å². The van der Waals surface area contributed by atoms with Crippen LogP contribution < -0.4 is 35.7 Å². The summed E-state index contributed by atoms with van der Waals surface area (Å²) in [5, 5.41) is 37.6. The number of ether oxygens (including phenoxy) is 4. The Kier molecular flexibility index (Phi) is 21.6. The monoisotopic (exact) mass is 1020 g/mol. The molecule has 4 aromatic rings. The average molecular weight is 1020 g/mol. The van der Waals surface area contributed by atoms with Crippen LogP contribution in [0.2, 0.25) is 0 Å². The Morgan fingerprint density at radius 1 is 0.565 bits per heavy atom. The first kappa shape index (κ1) is 56.3. The Balaban J connectivity index is 0.0000126. The number of carbonyl (C=O) groups is 6. The molecule has 24 nitrogen and oxygen atoms in total. The Bertz CT molecular complexity index is 2670. The van der Waals surface area contributed by atoms with Gasteiger partial charge in [0.25, 0.3) is 10.0 Å². The molecule has 1 unspecified atom stereocenters. The van der Waals surface area contributed by atoms with Gasteiger partial charge in [0, 0.05) is 23.5 Å². The number of nitrogens with zero attached hydrogens (tertiary/aromatic N) is 1. The molecule has 0 heterocycles. The lowest BCUT2D eigenvalue weighted by atomic mass is 10.2. The Morgan fingerprint density at radius 2 is 0.986 bits per heavy atom. The summed E-state index contributed by atoms with van der Waals surface area (Å²) in [6, 6.07) is 17.8. The lowest BCUT2D eigenvalue weighted by Crippen LogP contribution is -2.47. The third-order valence-electron chi connectivity index (χ3n) is 8.96. The molecule has 0 aliphatic carbocycles. The van der Waals surface area contributed by atoms with Gasteiger partial charge in [0.2, 0.25) is 10.0 Å². The van der Waals surface area contributed by atoms with Crippen LogP contribution in [0.15, 0.2) is 102 Å². The van der Waals surface area contributed by atoms with Crippen LogP contribution in [0, 0.1) is 0 Å². The molecule has 4 rings (SSSR count). The second-order valence-electron chi connectivity index (χ2n) is 14.1. The van der Waals surface area contributed by atoms with Gasteiger partial charge in [-0.15, -0.1) is 12.4 Å². The summed E-state index contributed by atoms with van der Waals surface area (Å²) >= 11 is 0. The van der Waals surface area contributed by atoms with Crippen molar-refractivity contribution in [3.63, 3.8) is 0 Å². The van der Waals surface area contributed by atoms with E-state index in [4.69, 9.17) is 40.6 Å². The van der Waals surface area contributed by atoms with Gasteiger partial charge in [0.15, 0.2) is 10.4 Å². The molecule has 372 valence electrons. The van der Waals surface area contributed by atoms with Crippen LogP contribution in [0.1, 0.15) is 50.1 Å². The van der Waals surface area contributed by atoms with E-state index in [0.29, 0.717) is 11.4 Å². The van der Waals surface area contributed by atoms with E-state index in [-0.39, 0.29) is 85.7 Å². The fraction of sp³-hybridized carbons (Fsp3) is 0.262. The van der Waals surface area contributed by atoms with Crippen molar-refractivity contribution < 1.29 is 85.0 Å². The summed E-state index contributed by atoms with van der Waals surface area (Å²) in [5.74, 6) is -8.11. The molecule has 27 heteroatoms. The van der Waals surface area contributed by atoms with E-state index in [1.807, 2.05) is 9.44 Å². The van der Waals surface area contributed by atoms with Crippen molar-refractivity contribution in [2.45, 2.75) is 30.3 Å². The highest BCUT2D eigenvalue weighted by Gasteiger charge is 2.34. The number of nitrogens with two attached hydrogens (primary N) is 2. The number of carboxylic acids is 4. The molecule has 0 amide bonds. The first-order valence-electron chi connectivity index (χ1n) is 19.9. The predicted octanol–water partition coefficient (Wildman–Crippen LogP) is 1.47. The number of nitrogens with one attached hydrogen (secondary N) is 3. The van der Waals surface area contributed by atoms with Crippen molar-refractivity contribution in [2.24, 2.45) is 4.99 Å². The van der Waals surface area contributed by atoms with Gasteiger partial charge >= 0.3 is 35.8 Å². The summed E-state index contributed by atoms with van der Waals surface area (Å²) in [5.41, 5.74) is 12.4. The summed E-state index contributed by atoms with van der Waals surface area (Å²) < 4.78 is 79.2. The van der Waals surface area contributed by atoms with E-state index in [1.165, 1.54) is 97.1 Å². The maximum absolute atomic E-state index is 13.5. The van der Waals surface area contributed by atoms with Crippen LogP contribution >= 0.6 is 12.4 Å². The number of aliphatic imine (C=N–C) groups is 1. The minimum atomic E-state index is -4.81. The number of nitrogen functional groups attached to an aromatic ring is 2. The SMILES string of the molecule is Cl.Nc1ccc(C(=O)Oc2ccc(C(=NCCOCCOCCNC(c3ccc(OC(=O)c4ccc(N)cc4)cc3)S(=O)(=O)N[C@@H](CC(=O)O)C(=O)O)S(=O)(=O)N[C@@H](CC(=O)O)C(=O)O)cc2)cc1. The molecule has 0 aliphatic rings. The molecule has 3 atom stereocenters. The average Bonchev–Trinajstić information content (AvgIpc) is 3.27. The first-order valence-corrected chi connectivity index (χ1v) is 22.9. The minimum Gasteiger partial charge on any atom is -0.481 e. The normalized spacial score (nSPS) is 13.0. The zero-order valence-electron chi connectivity index (χ0n) is 36.0. The van der Waals surface area contributed by atoms with E-state index in [9.17, 15) is 55.8 Å². The van der Waals surface area contributed by atoms with Crippen LogP contribution in [0.4, 0.5) is 11.4 Å². The highest BCUT2D eigenvalue weighted by molar-refractivity contribution is 8.05. The summed E-state index contributed by atoms with van der Waals surface area (Å²) in [6.45, 7) is -1.05. The van der Waals surface area contributed by atoms with E-state index < -0.39 is 91.2 Å². The molecule has 0 radical (unpaired) electrons. The Hall–Kier alpha value is -7.04. The molecule has 0 bridgehead atoms. The van der Waals surface area contributed by atoms with Gasteiger partial charge in [-0.05, 0) is 90.5 Å². The topological polar surface area (TPSA) is 389 Å². The Labute approximate surface area is 400 Å². The molecule has 0 aromatic heterocycles. The number of hydrogen-bond acceptors (Lipinski definition) is 18. The number of carbonyl (C=O) groups excluding carboxylic acids is 2. The van der Waals surface area contributed by atoms with E-state index in [0.717, 1.165) is 0 Å². The molecule has 0 saturated carbocycles. The number of hydrogen-bond donors (Lipinski definition) is 9. The number of aliphatic carboxylic acids is 4. The number of esters is 2. The largest absolute Gasteiger partial charge is 0.481 e. The van der Waals surface area contributed by atoms with Crippen molar-refractivity contribution in [1.29, 1.82) is 0 Å². The van der Waals surface area contributed by atoms with Gasteiger partial charge < -0.3 is 50.8 Å². The van der Waals surface area contributed by atoms with Gasteiger partial charge in [0.1, 0.15) is 23.6 Å². The summed E-state index contributed by atoms with van der Waals surface area (Å²) in [4.78, 5) is 75.1. The van der Waals surface area contributed by atoms with Gasteiger partial charge in [-0.1, -0.05) is 12.1 Å². The molecular weight excluding hydrogens is 976 g/mol. The molecule has 0 spiro atoms. The van der Waals surface area contributed by atoms with Gasteiger partial charge in [0.05, 0.1) is 56.9 Å². The third kappa shape index (κ3) is 18.2. The zero-order valence-corrected chi connectivity index (χ0v) is 38.4. The number of benzene rings is 4. The molecule has 0 fully saturated rings. The first-order chi connectivity index (χ1) is 32.1. The molecule has 0 saturated heterocycles. The highest BCUT2D eigenvalue weighted by Crippen LogP contribution is 2.24. The maximum atomic E-state index is 13.5. The van der Waals surface area contributed by atoms with Crippen molar-refractivity contribution >= 4 is 84.7 Å². The van der Waals surface area contributed by atoms with Crippen LogP contribution in [0.3, 0.4) is 0 Å². The molecule has 69 heavy (non-hydrogen) atoms. The second-order valence-corrected chi connectivity index (χ2v) is 17.6. The lowest BCUT2D eigenvalue weighted by molar-refractivity contribution is -0.145. The fourth-order valence-electron chi connectivity index (χ4n) is 5.70. The smallest absolute Gasteiger partial charge is 0.343 e. The van der Waals surface area contributed by atoms with Gasteiger partial charge in [-0.3, -0.25) is 29.5 Å². The maximum Gasteiger partial charge on any atom is 0.343 e. The molecular formula is C42H47ClN6O18S2. The predicted molar refractivity (Wildman–Crippen MR) is 247 cm³/mol. The van der Waals surface area contributed by atoms with Crippen LogP contribution in [0.25, 0.3) is 0 Å². The minimum absolute atomic E-state index is 0. The van der Waals surface area contributed by atoms with Crippen LogP contribution in [0.5, 0.6) is 11.5 Å². The van der Waals surface area contributed by atoms with Crippen LogP contribution in [-0.2, 0) is 48.7 Å². The highest BCUT2D eigenvalue weighted by atomic mass is 35.5. The van der Waals surface area contributed by atoms with Crippen molar-refractivity contribution in [3.8, 4) is 11.5 Å². The fourth-order valence-corrected chi connectivity index (χ4v) is 8.65. The van der Waals surface area contributed by atoms with Gasteiger partial charge in [-0.25, -0.2) is 26.4 Å².